The van der Waals surface area contributed by atoms with Crippen LogP contribution in [0.2, 0.25) is 0 Å². The lowest BCUT2D eigenvalue weighted by molar-refractivity contribution is 0.0685. The molecule has 0 aliphatic rings. The first-order valence-corrected chi connectivity index (χ1v) is 7.97. The summed E-state index contributed by atoms with van der Waals surface area (Å²) < 4.78 is 5.83. The van der Waals surface area contributed by atoms with E-state index in [1.54, 1.807) is 18.6 Å². The molecule has 2 heterocycles. The fraction of sp³-hybridized carbons (Fsp3) is 0.150. The summed E-state index contributed by atoms with van der Waals surface area (Å²) in [7, 11) is 0. The molecule has 126 valence electrons. The number of pyridine rings is 2. The van der Waals surface area contributed by atoms with E-state index in [1.165, 1.54) is 0 Å². The van der Waals surface area contributed by atoms with Crippen LogP contribution in [0.4, 0.5) is 0 Å². The number of ether oxygens (including phenoxy) is 1. The first kappa shape index (κ1) is 16.6. The van der Waals surface area contributed by atoms with Gasteiger partial charge in [0.05, 0.1) is 6.61 Å². The molecule has 0 atom stereocenters. The Morgan fingerprint density at radius 3 is 2.60 bits per heavy atom. The van der Waals surface area contributed by atoms with Crippen molar-refractivity contribution in [1.82, 2.24) is 9.97 Å². The highest BCUT2D eigenvalue weighted by atomic mass is 16.5. The summed E-state index contributed by atoms with van der Waals surface area (Å²) in [6.07, 6.45) is 5.66. The monoisotopic (exact) mass is 334 g/mol. The maximum absolute atomic E-state index is 11.5. The molecule has 0 unspecified atom stereocenters. The molecule has 1 N–H and O–H groups in total. The zero-order valence-corrected chi connectivity index (χ0v) is 13.8. The summed E-state index contributed by atoms with van der Waals surface area (Å²) in [6.45, 7) is 2.22. The lowest BCUT2D eigenvalue weighted by atomic mass is 10.0. The van der Waals surface area contributed by atoms with Crippen molar-refractivity contribution in [1.29, 1.82) is 0 Å². The lowest BCUT2D eigenvalue weighted by Gasteiger charge is -2.15. The van der Waals surface area contributed by atoms with Crippen LogP contribution in [0.5, 0.6) is 5.75 Å². The minimum Gasteiger partial charge on any atom is -0.490 e. The van der Waals surface area contributed by atoms with E-state index in [9.17, 15) is 9.90 Å². The molecule has 1 aromatic carbocycles. The molecular formula is C20H18N2O3. The summed E-state index contributed by atoms with van der Waals surface area (Å²) in [5, 5.41) is 9.41. The number of carboxylic acid groups (broad SMARTS) is 1. The van der Waals surface area contributed by atoms with Gasteiger partial charge >= 0.3 is 5.97 Å². The number of carboxylic acids is 1. The van der Waals surface area contributed by atoms with Crippen molar-refractivity contribution in [3.8, 4) is 16.9 Å². The number of hydrogen-bond acceptors (Lipinski definition) is 4. The maximum atomic E-state index is 11.5. The molecule has 5 nitrogen and oxygen atoms in total. The molecule has 0 amide bonds. The number of nitrogens with zero attached hydrogens (tertiary/aromatic N) is 2. The zero-order chi connectivity index (χ0) is 17.6. The predicted molar refractivity (Wildman–Crippen MR) is 94.8 cm³/mol. The van der Waals surface area contributed by atoms with Crippen LogP contribution in [0.1, 0.15) is 21.6 Å². The van der Waals surface area contributed by atoms with E-state index in [-0.39, 0.29) is 5.69 Å². The van der Waals surface area contributed by atoms with Gasteiger partial charge in [0.1, 0.15) is 0 Å². The molecule has 0 saturated heterocycles. The molecule has 0 spiro atoms. The molecule has 0 aliphatic heterocycles. The van der Waals surface area contributed by atoms with Gasteiger partial charge in [-0.05, 0) is 18.6 Å². The summed E-state index contributed by atoms with van der Waals surface area (Å²) in [5.41, 5.74) is 3.49. The SMILES string of the molecule is Cc1c(-c2cccnc2)cnc(C(=O)O)c1OCCc1ccccc1. The number of aromatic carboxylic acids is 1. The van der Waals surface area contributed by atoms with Crippen LogP contribution in [0.25, 0.3) is 11.1 Å². The van der Waals surface area contributed by atoms with E-state index < -0.39 is 5.97 Å². The molecule has 0 radical (unpaired) electrons. The van der Waals surface area contributed by atoms with Gasteiger partial charge in [-0.2, -0.15) is 0 Å². The van der Waals surface area contributed by atoms with Crippen LogP contribution in [0.3, 0.4) is 0 Å². The topological polar surface area (TPSA) is 72.3 Å². The van der Waals surface area contributed by atoms with Crippen LogP contribution in [0.15, 0.2) is 61.1 Å². The third kappa shape index (κ3) is 3.83. The second kappa shape index (κ2) is 7.57. The minimum absolute atomic E-state index is 0.0711. The normalized spacial score (nSPS) is 10.4. The third-order valence-electron chi connectivity index (χ3n) is 3.94. The minimum atomic E-state index is -1.10. The number of rotatable bonds is 6. The van der Waals surface area contributed by atoms with Gasteiger partial charge in [0.25, 0.3) is 0 Å². The highest BCUT2D eigenvalue weighted by molar-refractivity contribution is 5.90. The van der Waals surface area contributed by atoms with Gasteiger partial charge < -0.3 is 9.84 Å². The molecular weight excluding hydrogens is 316 g/mol. The molecule has 3 aromatic rings. The summed E-state index contributed by atoms with van der Waals surface area (Å²) in [5.74, 6) is -0.791. The molecule has 0 bridgehead atoms. The molecule has 2 aromatic heterocycles. The van der Waals surface area contributed by atoms with Crippen molar-refractivity contribution in [2.45, 2.75) is 13.3 Å². The average Bonchev–Trinajstić information content (AvgIpc) is 2.64. The van der Waals surface area contributed by atoms with Crippen molar-refractivity contribution < 1.29 is 14.6 Å². The van der Waals surface area contributed by atoms with Crippen LogP contribution in [-0.4, -0.2) is 27.7 Å². The van der Waals surface area contributed by atoms with Crippen LogP contribution in [-0.2, 0) is 6.42 Å². The van der Waals surface area contributed by atoms with Gasteiger partial charge in [-0.15, -0.1) is 0 Å². The van der Waals surface area contributed by atoms with Crippen molar-refractivity contribution >= 4 is 5.97 Å². The molecule has 0 aliphatic carbocycles. The molecule has 3 rings (SSSR count). The van der Waals surface area contributed by atoms with Crippen molar-refractivity contribution in [3.05, 3.63) is 77.9 Å². The van der Waals surface area contributed by atoms with E-state index in [2.05, 4.69) is 9.97 Å². The third-order valence-corrected chi connectivity index (χ3v) is 3.94. The Hall–Kier alpha value is -3.21. The highest BCUT2D eigenvalue weighted by Gasteiger charge is 2.19. The predicted octanol–water partition coefficient (Wildman–Crippen LogP) is 3.77. The summed E-state index contributed by atoms with van der Waals surface area (Å²) in [6, 6.07) is 13.7. The number of aromatic nitrogens is 2. The van der Waals surface area contributed by atoms with E-state index in [0.717, 1.165) is 22.3 Å². The summed E-state index contributed by atoms with van der Waals surface area (Å²) in [4.78, 5) is 19.7. The number of benzene rings is 1. The van der Waals surface area contributed by atoms with E-state index in [4.69, 9.17) is 4.74 Å². The highest BCUT2D eigenvalue weighted by Crippen LogP contribution is 2.31. The van der Waals surface area contributed by atoms with E-state index in [1.807, 2.05) is 49.4 Å². The summed E-state index contributed by atoms with van der Waals surface area (Å²) >= 11 is 0. The van der Waals surface area contributed by atoms with Gasteiger partial charge in [0.2, 0.25) is 0 Å². The maximum Gasteiger partial charge on any atom is 0.358 e. The Kier molecular flexibility index (Phi) is 5.04. The Bertz CT molecular complexity index is 865. The van der Waals surface area contributed by atoms with Crippen molar-refractivity contribution in [2.24, 2.45) is 0 Å². The second-order valence-electron chi connectivity index (χ2n) is 5.61. The van der Waals surface area contributed by atoms with Crippen molar-refractivity contribution in [2.75, 3.05) is 6.61 Å². The number of carbonyl (C=O) groups is 1. The Morgan fingerprint density at radius 2 is 1.92 bits per heavy atom. The Morgan fingerprint density at radius 1 is 1.12 bits per heavy atom. The molecule has 5 heteroatoms. The van der Waals surface area contributed by atoms with Crippen LogP contribution in [0, 0.1) is 6.92 Å². The Balaban J connectivity index is 1.88. The quantitative estimate of drug-likeness (QED) is 0.743. The van der Waals surface area contributed by atoms with E-state index in [0.29, 0.717) is 18.8 Å². The zero-order valence-electron chi connectivity index (χ0n) is 13.8. The van der Waals surface area contributed by atoms with Gasteiger partial charge in [-0.1, -0.05) is 36.4 Å². The second-order valence-corrected chi connectivity index (χ2v) is 5.61. The van der Waals surface area contributed by atoms with Crippen LogP contribution >= 0.6 is 0 Å². The Labute approximate surface area is 146 Å². The van der Waals surface area contributed by atoms with Gasteiger partial charge in [0, 0.05) is 41.7 Å². The standard InChI is InChI=1S/C20H18N2O3/c1-14-17(16-8-5-10-21-12-16)13-22-18(20(23)24)19(14)25-11-9-15-6-3-2-4-7-15/h2-8,10,12-13H,9,11H2,1H3,(H,23,24). The molecule has 0 saturated carbocycles. The van der Waals surface area contributed by atoms with Crippen molar-refractivity contribution in [3.63, 3.8) is 0 Å². The fourth-order valence-corrected chi connectivity index (χ4v) is 2.64. The van der Waals surface area contributed by atoms with Gasteiger partial charge in [0.15, 0.2) is 11.4 Å². The lowest BCUT2D eigenvalue weighted by Crippen LogP contribution is -2.10. The van der Waals surface area contributed by atoms with Crippen LogP contribution < -0.4 is 4.74 Å². The largest absolute Gasteiger partial charge is 0.490 e. The first-order valence-electron chi connectivity index (χ1n) is 7.97. The van der Waals surface area contributed by atoms with E-state index >= 15 is 0 Å². The molecule has 0 fully saturated rings. The smallest absolute Gasteiger partial charge is 0.358 e. The average molecular weight is 334 g/mol. The fourth-order valence-electron chi connectivity index (χ4n) is 2.64. The van der Waals surface area contributed by atoms with Gasteiger partial charge in [-0.25, -0.2) is 9.78 Å². The van der Waals surface area contributed by atoms with Gasteiger partial charge in [-0.3, -0.25) is 4.98 Å². The number of hydrogen-bond donors (Lipinski definition) is 1. The molecule has 25 heavy (non-hydrogen) atoms. The first-order chi connectivity index (χ1) is 12.2.